The van der Waals surface area contributed by atoms with Crippen LogP contribution in [-0.4, -0.2) is 41.3 Å². The highest BCUT2D eigenvalue weighted by molar-refractivity contribution is 7.18. The van der Waals surface area contributed by atoms with E-state index in [2.05, 4.69) is 23.2 Å². The predicted octanol–water partition coefficient (Wildman–Crippen LogP) is 3.95. The van der Waals surface area contributed by atoms with Crippen LogP contribution in [0.3, 0.4) is 0 Å². The van der Waals surface area contributed by atoms with E-state index in [0.29, 0.717) is 6.54 Å². The summed E-state index contributed by atoms with van der Waals surface area (Å²) in [5, 5.41) is 0.975. The zero-order valence-corrected chi connectivity index (χ0v) is 15.7. The minimum atomic E-state index is -0.0324. The number of carbonyl (C=O) groups excluding carboxylic acids is 1. The van der Waals surface area contributed by atoms with Crippen molar-refractivity contribution in [1.29, 1.82) is 0 Å². The van der Waals surface area contributed by atoms with Crippen LogP contribution in [0.1, 0.15) is 23.5 Å². The lowest BCUT2D eigenvalue weighted by atomic mass is 10.2. The Hall–Kier alpha value is -2.24. The van der Waals surface area contributed by atoms with Crippen LogP contribution in [0.4, 0.5) is 0 Å². The van der Waals surface area contributed by atoms with Gasteiger partial charge in [-0.2, -0.15) is 0 Å². The van der Waals surface area contributed by atoms with Crippen molar-refractivity contribution in [3.8, 4) is 0 Å². The molecule has 0 radical (unpaired) electrons. The highest BCUT2D eigenvalue weighted by atomic mass is 32.1. The average Bonchev–Trinajstić information content (AvgIpc) is 3.05. The summed E-state index contributed by atoms with van der Waals surface area (Å²) in [6.07, 6.45) is 0. The van der Waals surface area contributed by atoms with E-state index in [1.54, 1.807) is 16.2 Å². The Bertz CT molecular complexity index is 813. The van der Waals surface area contributed by atoms with Gasteiger partial charge < -0.3 is 4.90 Å². The number of likely N-dealkylation sites (N-methyl/N-ethyl adjacent to an activating group) is 2. The average molecular weight is 353 g/mol. The van der Waals surface area contributed by atoms with Gasteiger partial charge >= 0.3 is 0 Å². The van der Waals surface area contributed by atoms with Gasteiger partial charge in [0.1, 0.15) is 5.01 Å². The van der Waals surface area contributed by atoms with Gasteiger partial charge in [-0.25, -0.2) is 4.98 Å². The first kappa shape index (κ1) is 17.6. The van der Waals surface area contributed by atoms with Gasteiger partial charge in [0.2, 0.25) is 5.91 Å². The van der Waals surface area contributed by atoms with Crippen LogP contribution in [0.2, 0.25) is 0 Å². The predicted molar refractivity (Wildman–Crippen MR) is 104 cm³/mol. The van der Waals surface area contributed by atoms with Crippen molar-refractivity contribution >= 4 is 27.5 Å². The molecule has 0 spiro atoms. The SMILES string of the molecule is C[C@@H](c1nc2ccccc2s1)N(C)C(=O)CN(C)Cc1ccccc1. The Morgan fingerprint density at radius 1 is 1.08 bits per heavy atom. The van der Waals surface area contributed by atoms with Crippen molar-refractivity contribution in [2.45, 2.75) is 19.5 Å². The molecular weight excluding hydrogens is 330 g/mol. The lowest BCUT2D eigenvalue weighted by Crippen LogP contribution is -2.37. The minimum Gasteiger partial charge on any atom is -0.335 e. The molecule has 0 aliphatic carbocycles. The molecule has 1 atom stereocenters. The van der Waals surface area contributed by atoms with Gasteiger partial charge in [0.05, 0.1) is 22.8 Å². The summed E-state index contributed by atoms with van der Waals surface area (Å²) in [6, 6.07) is 18.3. The number of para-hydroxylation sites is 1. The maximum Gasteiger partial charge on any atom is 0.237 e. The van der Waals surface area contributed by atoms with Crippen LogP contribution in [0.15, 0.2) is 54.6 Å². The van der Waals surface area contributed by atoms with Crippen LogP contribution in [0.5, 0.6) is 0 Å². The van der Waals surface area contributed by atoms with Crippen molar-refractivity contribution in [1.82, 2.24) is 14.8 Å². The van der Waals surface area contributed by atoms with Gasteiger partial charge in [-0.05, 0) is 31.7 Å². The van der Waals surface area contributed by atoms with E-state index in [0.717, 1.165) is 21.8 Å². The van der Waals surface area contributed by atoms with Gasteiger partial charge in [-0.3, -0.25) is 9.69 Å². The molecule has 5 heteroatoms. The van der Waals surface area contributed by atoms with Gasteiger partial charge in [0, 0.05) is 13.6 Å². The number of carbonyl (C=O) groups is 1. The smallest absolute Gasteiger partial charge is 0.237 e. The second kappa shape index (κ2) is 7.76. The van der Waals surface area contributed by atoms with Crippen LogP contribution in [0, 0.1) is 0 Å². The van der Waals surface area contributed by atoms with Crippen molar-refractivity contribution in [3.63, 3.8) is 0 Å². The molecule has 0 aliphatic rings. The van der Waals surface area contributed by atoms with Crippen LogP contribution in [-0.2, 0) is 11.3 Å². The number of rotatable bonds is 6. The molecule has 3 rings (SSSR count). The lowest BCUT2D eigenvalue weighted by Gasteiger charge is -2.26. The number of nitrogens with zero attached hydrogens (tertiary/aromatic N) is 3. The molecule has 2 aromatic carbocycles. The second-order valence-corrected chi connectivity index (χ2v) is 7.42. The van der Waals surface area contributed by atoms with Gasteiger partial charge in [-0.15, -0.1) is 11.3 Å². The molecule has 25 heavy (non-hydrogen) atoms. The molecule has 0 unspecified atom stereocenters. The second-order valence-electron chi connectivity index (χ2n) is 6.36. The number of hydrogen-bond acceptors (Lipinski definition) is 4. The molecule has 0 saturated heterocycles. The normalized spacial score (nSPS) is 12.5. The lowest BCUT2D eigenvalue weighted by molar-refractivity contribution is -0.132. The maximum atomic E-state index is 12.6. The third kappa shape index (κ3) is 4.24. The molecule has 4 nitrogen and oxygen atoms in total. The summed E-state index contributed by atoms with van der Waals surface area (Å²) < 4.78 is 1.16. The third-order valence-corrected chi connectivity index (χ3v) is 5.55. The van der Waals surface area contributed by atoms with Gasteiger partial charge in [-0.1, -0.05) is 42.5 Å². The number of hydrogen-bond donors (Lipinski definition) is 0. The molecule has 130 valence electrons. The van der Waals surface area contributed by atoms with E-state index >= 15 is 0 Å². The van der Waals surface area contributed by atoms with Crippen molar-refractivity contribution in [2.24, 2.45) is 0 Å². The van der Waals surface area contributed by atoms with Crippen LogP contribution >= 0.6 is 11.3 Å². The Kier molecular flexibility index (Phi) is 5.46. The van der Waals surface area contributed by atoms with E-state index in [1.807, 2.05) is 62.3 Å². The number of benzene rings is 2. The molecule has 1 aromatic heterocycles. The summed E-state index contributed by atoms with van der Waals surface area (Å²) >= 11 is 1.65. The highest BCUT2D eigenvalue weighted by Gasteiger charge is 2.21. The quantitative estimate of drug-likeness (QED) is 0.673. The Morgan fingerprint density at radius 3 is 2.48 bits per heavy atom. The summed E-state index contributed by atoms with van der Waals surface area (Å²) in [7, 11) is 3.83. The topological polar surface area (TPSA) is 36.4 Å². The fourth-order valence-corrected chi connectivity index (χ4v) is 3.81. The van der Waals surface area contributed by atoms with E-state index in [9.17, 15) is 4.79 Å². The van der Waals surface area contributed by atoms with Gasteiger partial charge in [0.25, 0.3) is 0 Å². The van der Waals surface area contributed by atoms with E-state index in [-0.39, 0.29) is 11.9 Å². The summed E-state index contributed by atoms with van der Waals surface area (Å²) in [6.45, 7) is 3.18. The first-order valence-electron chi connectivity index (χ1n) is 8.38. The van der Waals surface area contributed by atoms with Gasteiger partial charge in [0.15, 0.2) is 0 Å². The molecule has 1 amide bonds. The van der Waals surface area contributed by atoms with Crippen LogP contribution < -0.4 is 0 Å². The molecule has 3 aromatic rings. The number of thiazole rings is 1. The number of amides is 1. The monoisotopic (exact) mass is 353 g/mol. The Balaban J connectivity index is 1.62. The van der Waals surface area contributed by atoms with Crippen molar-refractivity contribution < 1.29 is 4.79 Å². The zero-order chi connectivity index (χ0) is 17.8. The Morgan fingerprint density at radius 2 is 1.76 bits per heavy atom. The van der Waals surface area contributed by atoms with E-state index in [4.69, 9.17) is 0 Å². The zero-order valence-electron chi connectivity index (χ0n) is 14.8. The van der Waals surface area contributed by atoms with Crippen molar-refractivity contribution in [3.05, 3.63) is 65.2 Å². The van der Waals surface area contributed by atoms with Crippen LogP contribution in [0.25, 0.3) is 10.2 Å². The first-order valence-corrected chi connectivity index (χ1v) is 9.20. The largest absolute Gasteiger partial charge is 0.335 e. The fourth-order valence-electron chi connectivity index (χ4n) is 2.74. The molecule has 0 aliphatic heterocycles. The number of aromatic nitrogens is 1. The summed E-state index contributed by atoms with van der Waals surface area (Å²) in [4.78, 5) is 21.1. The van der Waals surface area contributed by atoms with Crippen molar-refractivity contribution in [2.75, 3.05) is 20.6 Å². The first-order chi connectivity index (χ1) is 12.0. The standard InChI is InChI=1S/C20H23N3OS/c1-15(20-21-17-11-7-8-12-18(17)25-20)23(3)19(24)14-22(2)13-16-9-5-4-6-10-16/h4-12,15H,13-14H2,1-3H3/t15-/m0/s1. The molecule has 0 saturated carbocycles. The summed E-state index contributed by atoms with van der Waals surface area (Å²) in [5.74, 6) is 0.102. The molecule has 1 heterocycles. The van der Waals surface area contributed by atoms with E-state index < -0.39 is 0 Å². The highest BCUT2D eigenvalue weighted by Crippen LogP contribution is 2.28. The maximum absolute atomic E-state index is 12.6. The third-order valence-electron chi connectivity index (χ3n) is 4.34. The fraction of sp³-hybridized carbons (Fsp3) is 0.300. The van der Waals surface area contributed by atoms with E-state index in [1.165, 1.54) is 5.56 Å². The molecule has 0 fully saturated rings. The minimum absolute atomic E-state index is 0.0324. The molecular formula is C20H23N3OS. The Labute approximate surface area is 152 Å². The summed E-state index contributed by atoms with van der Waals surface area (Å²) in [5.41, 5.74) is 2.20. The number of fused-ring (bicyclic) bond motifs is 1. The molecule has 0 bridgehead atoms. The molecule has 0 N–H and O–H groups in total.